The van der Waals surface area contributed by atoms with Crippen molar-refractivity contribution in [2.45, 2.75) is 0 Å². The Morgan fingerprint density at radius 3 is 3.20 bits per heavy atom. The van der Waals surface area contributed by atoms with E-state index in [0.29, 0.717) is 12.2 Å². The monoisotopic (exact) mass is 136 g/mol. The quantitative estimate of drug-likeness (QED) is 0.571. The van der Waals surface area contributed by atoms with Crippen LogP contribution in [0.5, 0.6) is 0 Å². The van der Waals surface area contributed by atoms with E-state index in [2.05, 4.69) is 10.3 Å². The second-order valence-electron chi connectivity index (χ2n) is 1.53. The average molecular weight is 136 g/mol. The van der Waals surface area contributed by atoms with Crippen molar-refractivity contribution in [1.82, 2.24) is 9.55 Å². The molecule has 1 aromatic rings. The molecule has 1 N–H and O–H groups in total. The molecule has 1 rings (SSSR count). The van der Waals surface area contributed by atoms with E-state index in [9.17, 15) is 4.79 Å². The zero-order valence-electron chi connectivity index (χ0n) is 4.98. The number of hydrogen-bond donors (Lipinski definition) is 1. The molecule has 0 unspecified atom stereocenters. The second-order valence-corrected chi connectivity index (χ2v) is 1.53. The number of amides is 1. The molecule has 0 aliphatic rings. The molecule has 0 aliphatic carbocycles. The fraction of sp³-hybridized carbons (Fsp3) is 0. The minimum absolute atomic E-state index is 0.372. The topological polar surface area (TPSA) is 70.7 Å². The molecule has 1 heterocycles. The van der Waals surface area contributed by atoms with Crippen LogP contribution in [0.15, 0.2) is 12.5 Å². The first kappa shape index (κ1) is 6.29. The number of aromatic nitrogens is 2. The second kappa shape index (κ2) is 2.64. The van der Waals surface area contributed by atoms with Crippen molar-refractivity contribution in [1.29, 1.82) is 5.26 Å². The van der Waals surface area contributed by atoms with Crippen LogP contribution in [0.25, 0.3) is 0 Å². The van der Waals surface area contributed by atoms with Gasteiger partial charge in [0.2, 0.25) is 6.41 Å². The molecule has 0 bridgehead atoms. The molecule has 1 aromatic heterocycles. The molecule has 0 fully saturated rings. The van der Waals surface area contributed by atoms with Crippen LogP contribution in [0.4, 0.5) is 5.82 Å². The minimum atomic E-state index is 0.372. The normalized spacial score (nSPS) is 8.30. The highest BCUT2D eigenvalue weighted by Crippen LogP contribution is 1.98. The van der Waals surface area contributed by atoms with Gasteiger partial charge in [-0.25, -0.2) is 9.55 Å². The zero-order chi connectivity index (χ0) is 7.40. The van der Waals surface area contributed by atoms with Crippen LogP contribution in [-0.4, -0.2) is 16.0 Å². The lowest BCUT2D eigenvalue weighted by atomic mass is 10.7. The molecule has 0 radical (unpaired) electrons. The van der Waals surface area contributed by atoms with E-state index in [1.165, 1.54) is 17.1 Å². The summed E-state index contributed by atoms with van der Waals surface area (Å²) in [5, 5.41) is 10.6. The molecule has 1 amide bonds. The van der Waals surface area contributed by atoms with Gasteiger partial charge in [0.15, 0.2) is 12.0 Å². The Hall–Kier alpha value is -1.83. The van der Waals surface area contributed by atoms with Gasteiger partial charge in [-0.3, -0.25) is 4.79 Å². The van der Waals surface area contributed by atoms with Crippen molar-refractivity contribution in [3.63, 3.8) is 0 Å². The van der Waals surface area contributed by atoms with Crippen LogP contribution in [0, 0.1) is 11.5 Å². The van der Waals surface area contributed by atoms with Crippen LogP contribution < -0.4 is 5.32 Å². The fourth-order valence-corrected chi connectivity index (χ4v) is 0.512. The number of nitriles is 1. The molecule has 0 aromatic carbocycles. The van der Waals surface area contributed by atoms with Gasteiger partial charge in [-0.15, -0.1) is 0 Å². The summed E-state index contributed by atoms with van der Waals surface area (Å²) in [5.74, 6) is 0.372. The third-order valence-electron chi connectivity index (χ3n) is 0.905. The van der Waals surface area contributed by atoms with Crippen LogP contribution >= 0.6 is 0 Å². The van der Waals surface area contributed by atoms with Crippen LogP contribution in [0.1, 0.15) is 0 Å². The lowest BCUT2D eigenvalue weighted by Gasteiger charge is -1.84. The lowest BCUT2D eigenvalue weighted by molar-refractivity contribution is -0.105. The van der Waals surface area contributed by atoms with Gasteiger partial charge < -0.3 is 5.32 Å². The molecule has 10 heavy (non-hydrogen) atoms. The van der Waals surface area contributed by atoms with Crippen molar-refractivity contribution in [2.24, 2.45) is 0 Å². The number of rotatable bonds is 2. The first-order chi connectivity index (χ1) is 4.86. The summed E-state index contributed by atoms with van der Waals surface area (Å²) in [6.07, 6.45) is 5.03. The smallest absolute Gasteiger partial charge is 0.212 e. The van der Waals surface area contributed by atoms with Crippen LogP contribution in [0.2, 0.25) is 0 Å². The Bertz CT molecular complexity index is 271. The van der Waals surface area contributed by atoms with Crippen molar-refractivity contribution in [2.75, 3.05) is 5.32 Å². The summed E-state index contributed by atoms with van der Waals surface area (Å²) in [5.41, 5.74) is 0. The Kier molecular flexibility index (Phi) is 1.66. The van der Waals surface area contributed by atoms with Gasteiger partial charge >= 0.3 is 0 Å². The van der Waals surface area contributed by atoms with E-state index in [1.54, 1.807) is 6.19 Å². The minimum Gasteiger partial charge on any atom is -0.312 e. The summed E-state index contributed by atoms with van der Waals surface area (Å²) in [6.45, 7) is 0. The number of nitrogens with one attached hydrogen (secondary N) is 1. The van der Waals surface area contributed by atoms with Crippen LogP contribution in [-0.2, 0) is 4.79 Å². The molecule has 50 valence electrons. The van der Waals surface area contributed by atoms with Gasteiger partial charge in [0.05, 0.1) is 6.20 Å². The fourth-order valence-electron chi connectivity index (χ4n) is 0.512. The van der Waals surface area contributed by atoms with E-state index >= 15 is 0 Å². The molecular weight excluding hydrogens is 132 g/mol. The van der Waals surface area contributed by atoms with Crippen LogP contribution in [0.3, 0.4) is 0 Å². The number of nitrogens with zero attached hydrogens (tertiary/aromatic N) is 3. The highest BCUT2D eigenvalue weighted by molar-refractivity contribution is 5.68. The van der Waals surface area contributed by atoms with E-state index in [-0.39, 0.29) is 0 Å². The Labute approximate surface area is 56.9 Å². The standard InChI is InChI=1S/C5H4N4O/c6-2-9-1-5(7-3-9)8-4-10/h1,3-4H,(H,8,10). The van der Waals surface area contributed by atoms with Crippen molar-refractivity contribution < 1.29 is 4.79 Å². The maximum absolute atomic E-state index is 9.83. The summed E-state index contributed by atoms with van der Waals surface area (Å²) in [6, 6.07) is 0. The molecule has 5 nitrogen and oxygen atoms in total. The zero-order valence-corrected chi connectivity index (χ0v) is 4.98. The SMILES string of the molecule is N#Cn1cnc(NC=O)c1. The third-order valence-corrected chi connectivity index (χ3v) is 0.905. The van der Waals surface area contributed by atoms with E-state index < -0.39 is 0 Å². The first-order valence-electron chi connectivity index (χ1n) is 2.51. The van der Waals surface area contributed by atoms with Gasteiger partial charge in [-0.05, 0) is 0 Å². The largest absolute Gasteiger partial charge is 0.312 e. The maximum Gasteiger partial charge on any atom is 0.212 e. The lowest BCUT2D eigenvalue weighted by Crippen LogP contribution is -1.92. The van der Waals surface area contributed by atoms with E-state index in [4.69, 9.17) is 5.26 Å². The van der Waals surface area contributed by atoms with Crippen molar-refractivity contribution in [3.05, 3.63) is 12.5 Å². The molecule has 5 heteroatoms. The summed E-state index contributed by atoms with van der Waals surface area (Å²) < 4.78 is 1.19. The molecule has 0 saturated heterocycles. The Balaban J connectivity index is 2.80. The summed E-state index contributed by atoms with van der Waals surface area (Å²) >= 11 is 0. The molecule has 0 aliphatic heterocycles. The van der Waals surface area contributed by atoms with Gasteiger partial charge in [-0.2, -0.15) is 5.26 Å². The van der Waals surface area contributed by atoms with E-state index in [1.807, 2.05) is 0 Å². The van der Waals surface area contributed by atoms with Gasteiger partial charge in [0, 0.05) is 0 Å². The van der Waals surface area contributed by atoms with Crippen molar-refractivity contribution >= 4 is 12.2 Å². The molecule has 0 atom stereocenters. The molecule has 0 spiro atoms. The summed E-state index contributed by atoms with van der Waals surface area (Å²) in [4.78, 5) is 13.5. The van der Waals surface area contributed by atoms with E-state index in [0.717, 1.165) is 0 Å². The number of hydrogen-bond acceptors (Lipinski definition) is 3. The highest BCUT2D eigenvalue weighted by atomic mass is 16.1. The van der Waals surface area contributed by atoms with Gasteiger partial charge in [-0.1, -0.05) is 0 Å². The van der Waals surface area contributed by atoms with Gasteiger partial charge in [0.1, 0.15) is 6.33 Å². The predicted octanol–water partition coefficient (Wildman–Crippen LogP) is -0.219. The number of imidazole rings is 1. The average Bonchev–Trinajstić information content (AvgIpc) is 2.37. The highest BCUT2D eigenvalue weighted by Gasteiger charge is 1.92. The maximum atomic E-state index is 9.83. The van der Waals surface area contributed by atoms with Gasteiger partial charge in [0.25, 0.3) is 0 Å². The molecule has 0 saturated carbocycles. The third kappa shape index (κ3) is 1.11. The number of carbonyl (C=O) groups is 1. The Morgan fingerprint density at radius 1 is 1.90 bits per heavy atom. The predicted molar refractivity (Wildman–Crippen MR) is 32.9 cm³/mol. The Morgan fingerprint density at radius 2 is 2.70 bits per heavy atom. The number of anilines is 1. The van der Waals surface area contributed by atoms with Crippen molar-refractivity contribution in [3.8, 4) is 6.19 Å². The number of carbonyl (C=O) groups excluding carboxylic acids is 1. The molecular formula is C5H4N4O. The summed E-state index contributed by atoms with van der Waals surface area (Å²) in [7, 11) is 0. The first-order valence-corrected chi connectivity index (χ1v) is 2.51.